The highest BCUT2D eigenvalue weighted by Crippen LogP contribution is 2.45. The van der Waals surface area contributed by atoms with Crippen LogP contribution in [0.4, 0.5) is 20.3 Å². The Bertz CT molecular complexity index is 1960. The molecule has 46 heavy (non-hydrogen) atoms. The Kier molecular flexibility index (Phi) is 7.97. The number of hydrogen-bond donors (Lipinski definition) is 3. The molecule has 1 aliphatic carbocycles. The maximum Gasteiger partial charge on any atom is 0.263 e. The number of aromatic nitrogens is 4. The van der Waals surface area contributed by atoms with Crippen LogP contribution in [-0.4, -0.2) is 73.1 Å². The van der Waals surface area contributed by atoms with Gasteiger partial charge in [-0.15, -0.1) is 0 Å². The fourth-order valence-electron chi connectivity index (χ4n) is 6.04. The molecule has 0 unspecified atom stereocenters. The lowest BCUT2D eigenvalue weighted by atomic mass is 10.0. The van der Waals surface area contributed by atoms with E-state index in [1.165, 1.54) is 43.2 Å². The third-order valence-corrected chi connectivity index (χ3v) is 9.12. The number of fused-ring (bicyclic) bond motifs is 1. The van der Waals surface area contributed by atoms with Gasteiger partial charge in [0, 0.05) is 62.7 Å². The third kappa shape index (κ3) is 5.78. The molecule has 4 aromatic rings. The molecule has 4 heterocycles. The Morgan fingerprint density at radius 3 is 2.59 bits per heavy atom. The molecular formula is C31H33ClF2N8O4. The van der Waals surface area contributed by atoms with Crippen LogP contribution in [0.5, 0.6) is 5.75 Å². The van der Waals surface area contributed by atoms with Crippen molar-refractivity contribution < 1.29 is 23.5 Å². The van der Waals surface area contributed by atoms with Gasteiger partial charge in [0.05, 0.1) is 34.2 Å². The number of carbonyl (C=O) groups excluding carboxylic acids is 2. The average Bonchev–Trinajstić information content (AvgIpc) is 3.61. The van der Waals surface area contributed by atoms with Gasteiger partial charge in [0.15, 0.2) is 11.6 Å². The first-order valence-electron chi connectivity index (χ1n) is 14.8. The second-order valence-corrected chi connectivity index (χ2v) is 12.9. The van der Waals surface area contributed by atoms with Crippen LogP contribution in [0.25, 0.3) is 22.2 Å². The second kappa shape index (κ2) is 11.7. The zero-order chi connectivity index (χ0) is 33.1. The van der Waals surface area contributed by atoms with Crippen LogP contribution in [0, 0.1) is 17.0 Å². The molecule has 1 saturated carbocycles. The molecule has 0 radical (unpaired) electrons. The predicted molar refractivity (Wildman–Crippen MR) is 169 cm³/mol. The normalized spacial score (nSPS) is 17.8. The van der Waals surface area contributed by atoms with Gasteiger partial charge in [-0.2, -0.15) is 4.39 Å². The van der Waals surface area contributed by atoms with Crippen LogP contribution < -0.4 is 21.5 Å². The number of halogens is 3. The summed E-state index contributed by atoms with van der Waals surface area (Å²) in [5.41, 5.74) is 4.06. The maximum atomic E-state index is 15.1. The molecule has 1 aliphatic heterocycles. The summed E-state index contributed by atoms with van der Waals surface area (Å²) in [6, 6.07) is 2.75. The van der Waals surface area contributed by atoms with E-state index in [-0.39, 0.29) is 34.2 Å². The van der Waals surface area contributed by atoms with Crippen molar-refractivity contribution in [3.05, 3.63) is 63.4 Å². The first-order valence-corrected chi connectivity index (χ1v) is 15.1. The lowest BCUT2D eigenvalue weighted by Gasteiger charge is -2.41. The number of carbonyl (C=O) groups is 2. The summed E-state index contributed by atoms with van der Waals surface area (Å²) in [5.74, 6) is -5.55. The quantitative estimate of drug-likeness (QED) is 0.261. The molecule has 1 atom stereocenters. The highest BCUT2D eigenvalue weighted by molar-refractivity contribution is 6.33. The number of nitrogens with two attached hydrogens (primary N) is 1. The second-order valence-electron chi connectivity index (χ2n) is 12.5. The molecule has 0 spiro atoms. The van der Waals surface area contributed by atoms with Crippen molar-refractivity contribution in [1.29, 1.82) is 0 Å². The van der Waals surface area contributed by atoms with Gasteiger partial charge in [0.2, 0.25) is 11.7 Å². The van der Waals surface area contributed by atoms with Gasteiger partial charge in [-0.05, 0) is 31.2 Å². The van der Waals surface area contributed by atoms with E-state index in [0.717, 1.165) is 36.8 Å². The van der Waals surface area contributed by atoms with Crippen molar-refractivity contribution >= 4 is 46.0 Å². The molecule has 4 N–H and O–H groups in total. The standard InChI is InChI=1S/C31H33ClF2N8O4/c1-16-11-40(14-31(2)4-5-31)6-7-42(16)22-9-21(20(32)10-36-22)38-23(43)13-41-12-19(24-29(41)37-15-39(3)30(24)46)17-8-18(28(35)45)27(44)26(34)25(17)33/h8-10,12,15-16,44H,4-7,11,13-14H2,1-3H3,(H2,35,45)(H,36,38,43)/t16-/m0/s1. The molecular weight excluding hydrogens is 622 g/mol. The number of nitrogens with one attached hydrogen (secondary N) is 1. The smallest absolute Gasteiger partial charge is 0.263 e. The molecule has 3 aromatic heterocycles. The van der Waals surface area contributed by atoms with E-state index in [0.29, 0.717) is 16.9 Å². The first kappa shape index (κ1) is 31.4. The summed E-state index contributed by atoms with van der Waals surface area (Å²) >= 11 is 6.42. The minimum atomic E-state index is -1.71. The van der Waals surface area contributed by atoms with Crippen LogP contribution >= 0.6 is 11.6 Å². The van der Waals surface area contributed by atoms with Gasteiger partial charge in [0.25, 0.3) is 11.5 Å². The monoisotopic (exact) mass is 654 g/mol. The summed E-state index contributed by atoms with van der Waals surface area (Å²) in [6.07, 6.45) is 6.48. The molecule has 1 aromatic carbocycles. The topological polar surface area (TPSA) is 152 Å². The first-order chi connectivity index (χ1) is 21.8. The van der Waals surface area contributed by atoms with E-state index in [9.17, 15) is 23.9 Å². The number of hydrogen-bond acceptors (Lipinski definition) is 8. The molecule has 2 fully saturated rings. The van der Waals surface area contributed by atoms with Crippen LogP contribution in [-0.2, 0) is 18.4 Å². The Morgan fingerprint density at radius 1 is 1.17 bits per heavy atom. The minimum Gasteiger partial charge on any atom is -0.504 e. The zero-order valence-electron chi connectivity index (χ0n) is 25.5. The van der Waals surface area contributed by atoms with Gasteiger partial charge < -0.3 is 30.2 Å². The lowest BCUT2D eigenvalue weighted by molar-refractivity contribution is -0.116. The number of piperazine rings is 1. The number of benzene rings is 1. The van der Waals surface area contributed by atoms with Gasteiger partial charge >= 0.3 is 0 Å². The predicted octanol–water partition coefficient (Wildman–Crippen LogP) is 3.48. The number of phenols is 1. The van der Waals surface area contributed by atoms with E-state index in [4.69, 9.17) is 17.3 Å². The zero-order valence-corrected chi connectivity index (χ0v) is 26.2. The number of aromatic hydroxyl groups is 1. The van der Waals surface area contributed by atoms with Crippen molar-refractivity contribution in [2.24, 2.45) is 18.2 Å². The number of rotatable bonds is 8. The van der Waals surface area contributed by atoms with Gasteiger partial charge in [-0.25, -0.2) is 14.4 Å². The number of pyridine rings is 1. The molecule has 2 aliphatic rings. The maximum absolute atomic E-state index is 15.1. The molecule has 12 nitrogen and oxygen atoms in total. The van der Waals surface area contributed by atoms with Crippen molar-refractivity contribution in [2.75, 3.05) is 36.4 Å². The Morgan fingerprint density at radius 2 is 1.91 bits per heavy atom. The molecule has 242 valence electrons. The number of anilines is 2. The summed E-state index contributed by atoms with van der Waals surface area (Å²) in [6.45, 7) is 7.71. The Balaban J connectivity index is 1.28. The lowest BCUT2D eigenvalue weighted by Crippen LogP contribution is -2.53. The van der Waals surface area contributed by atoms with Gasteiger partial charge in [-0.1, -0.05) is 18.5 Å². The number of aryl methyl sites for hydroxylation is 1. The fourth-order valence-corrected chi connectivity index (χ4v) is 6.19. The fraction of sp³-hybridized carbons (Fsp3) is 0.387. The summed E-state index contributed by atoms with van der Waals surface area (Å²) < 4.78 is 32.2. The summed E-state index contributed by atoms with van der Waals surface area (Å²) in [5, 5.41) is 12.8. The number of nitrogens with zero attached hydrogens (tertiary/aromatic N) is 6. The van der Waals surface area contributed by atoms with E-state index in [2.05, 4.69) is 38.9 Å². The van der Waals surface area contributed by atoms with E-state index in [1.807, 2.05) is 0 Å². The van der Waals surface area contributed by atoms with E-state index in [1.54, 1.807) is 6.07 Å². The SMILES string of the molecule is C[C@H]1CN(CC2(C)CC2)CCN1c1cc(NC(=O)Cn2cc(-c3cc(C(N)=O)c(O)c(F)c3F)c3c(=O)n(C)cnc32)c(Cl)cn1. The Labute approximate surface area is 267 Å². The molecule has 6 rings (SSSR count). The van der Waals surface area contributed by atoms with Crippen LogP contribution in [0.3, 0.4) is 0 Å². The van der Waals surface area contributed by atoms with Crippen LogP contribution in [0.15, 0.2) is 35.6 Å². The largest absolute Gasteiger partial charge is 0.504 e. The molecule has 15 heteroatoms. The third-order valence-electron chi connectivity index (χ3n) is 8.82. The molecule has 0 bridgehead atoms. The molecule has 2 amide bonds. The summed E-state index contributed by atoms with van der Waals surface area (Å²) in [7, 11) is 1.42. The van der Waals surface area contributed by atoms with Crippen LogP contribution in [0.1, 0.15) is 37.0 Å². The average molecular weight is 655 g/mol. The molecule has 1 saturated heterocycles. The van der Waals surface area contributed by atoms with Gasteiger partial charge in [0.1, 0.15) is 18.0 Å². The number of amides is 2. The highest BCUT2D eigenvalue weighted by Gasteiger charge is 2.40. The van der Waals surface area contributed by atoms with Crippen molar-refractivity contribution in [3.63, 3.8) is 0 Å². The van der Waals surface area contributed by atoms with Crippen molar-refractivity contribution in [1.82, 2.24) is 24.0 Å². The van der Waals surface area contributed by atoms with E-state index < -0.39 is 45.9 Å². The highest BCUT2D eigenvalue weighted by atomic mass is 35.5. The minimum absolute atomic E-state index is 0.00928. The Hall–Kier alpha value is -4.56. The van der Waals surface area contributed by atoms with Crippen molar-refractivity contribution in [3.8, 4) is 16.9 Å². The number of primary amides is 1. The summed E-state index contributed by atoms with van der Waals surface area (Å²) in [4.78, 5) is 51.8. The van der Waals surface area contributed by atoms with Crippen molar-refractivity contribution in [2.45, 2.75) is 39.3 Å². The van der Waals surface area contributed by atoms with Crippen LogP contribution in [0.2, 0.25) is 5.02 Å². The van der Waals surface area contributed by atoms with Gasteiger partial charge in [-0.3, -0.25) is 19.3 Å². The van der Waals surface area contributed by atoms with E-state index >= 15 is 4.39 Å².